The van der Waals surface area contributed by atoms with Crippen LogP contribution in [0.5, 0.6) is 0 Å². The molecule has 1 atom stereocenters. The Kier molecular flexibility index (Phi) is 3.32. The molecule has 0 N–H and O–H groups in total. The zero-order valence-corrected chi connectivity index (χ0v) is 8.34. The van der Waals surface area contributed by atoms with E-state index >= 15 is 0 Å². The molecule has 13 heavy (non-hydrogen) atoms. The molecule has 0 spiro atoms. The average molecular weight is 199 g/mol. The highest BCUT2D eigenvalue weighted by Crippen LogP contribution is 2.19. The van der Waals surface area contributed by atoms with Crippen molar-refractivity contribution in [1.82, 2.24) is 0 Å². The van der Waals surface area contributed by atoms with E-state index in [1.807, 2.05) is 12.1 Å². The van der Waals surface area contributed by atoms with Gasteiger partial charge in [-0.15, -0.1) is 0 Å². The quantitative estimate of drug-likeness (QED) is 0.683. The molecule has 0 heterocycles. The van der Waals surface area contributed by atoms with Gasteiger partial charge in [0.15, 0.2) is 0 Å². The number of rotatable bonds is 2. The van der Waals surface area contributed by atoms with Crippen LogP contribution in [0.1, 0.15) is 18.4 Å². The second-order valence-electron chi connectivity index (χ2n) is 2.80. The fourth-order valence-electron chi connectivity index (χ4n) is 1.09. The minimum absolute atomic E-state index is 0.248. The summed E-state index contributed by atoms with van der Waals surface area (Å²) in [4.78, 5) is 11.2. The normalized spacial score (nSPS) is 12.2. The predicted octanol–water partition coefficient (Wildman–Crippen LogP) is 2.62. The maximum Gasteiger partial charge on any atom is 0.312 e. The van der Waals surface area contributed by atoms with Crippen molar-refractivity contribution in [3.8, 4) is 0 Å². The molecule has 2 nitrogen and oxygen atoms in total. The van der Waals surface area contributed by atoms with Gasteiger partial charge in [-0.05, 0) is 24.6 Å². The Morgan fingerprint density at radius 3 is 2.77 bits per heavy atom. The number of esters is 1. The summed E-state index contributed by atoms with van der Waals surface area (Å²) in [5.41, 5.74) is 0.874. The third kappa shape index (κ3) is 2.46. The molecule has 0 aromatic heterocycles. The second-order valence-corrected chi connectivity index (χ2v) is 3.24. The van der Waals surface area contributed by atoms with Gasteiger partial charge >= 0.3 is 5.97 Å². The van der Waals surface area contributed by atoms with Gasteiger partial charge in [0.2, 0.25) is 0 Å². The van der Waals surface area contributed by atoms with E-state index in [0.29, 0.717) is 5.02 Å². The topological polar surface area (TPSA) is 26.3 Å². The van der Waals surface area contributed by atoms with Crippen molar-refractivity contribution in [3.05, 3.63) is 34.9 Å². The third-order valence-corrected chi connectivity index (χ3v) is 2.14. The summed E-state index contributed by atoms with van der Waals surface area (Å²) in [6.45, 7) is 1.79. The van der Waals surface area contributed by atoms with Crippen LogP contribution >= 0.6 is 11.6 Å². The largest absolute Gasteiger partial charge is 0.469 e. The zero-order valence-electron chi connectivity index (χ0n) is 7.58. The highest BCUT2D eigenvalue weighted by Gasteiger charge is 2.15. The second kappa shape index (κ2) is 4.28. The summed E-state index contributed by atoms with van der Waals surface area (Å²) in [7, 11) is 1.38. The number of carbonyl (C=O) groups excluding carboxylic acids is 1. The summed E-state index contributed by atoms with van der Waals surface area (Å²) in [5, 5.41) is 0.633. The molecule has 0 aliphatic carbocycles. The van der Waals surface area contributed by atoms with Gasteiger partial charge in [-0.25, -0.2) is 0 Å². The molecule has 1 aromatic carbocycles. The smallest absolute Gasteiger partial charge is 0.312 e. The van der Waals surface area contributed by atoms with E-state index in [-0.39, 0.29) is 11.9 Å². The fourth-order valence-corrected chi connectivity index (χ4v) is 1.29. The molecular weight excluding hydrogens is 188 g/mol. The van der Waals surface area contributed by atoms with Gasteiger partial charge in [-0.3, -0.25) is 4.79 Å². The van der Waals surface area contributed by atoms with Crippen molar-refractivity contribution in [1.29, 1.82) is 0 Å². The lowest BCUT2D eigenvalue weighted by Crippen LogP contribution is -2.10. The number of benzene rings is 1. The Hall–Kier alpha value is -1.02. The van der Waals surface area contributed by atoms with Crippen molar-refractivity contribution in [2.75, 3.05) is 7.11 Å². The van der Waals surface area contributed by atoms with Crippen LogP contribution in [0.4, 0.5) is 0 Å². The molecule has 0 radical (unpaired) electrons. The molecule has 0 aliphatic heterocycles. The number of methoxy groups -OCH3 is 1. The molecule has 0 saturated heterocycles. The lowest BCUT2D eigenvalue weighted by molar-refractivity contribution is -0.141. The molecular formula is C10H11ClO2. The molecule has 3 heteroatoms. The molecule has 0 unspecified atom stereocenters. The monoisotopic (exact) mass is 198 g/mol. The molecule has 70 valence electrons. The van der Waals surface area contributed by atoms with Gasteiger partial charge in [0.25, 0.3) is 0 Å². The highest BCUT2D eigenvalue weighted by molar-refractivity contribution is 6.30. The summed E-state index contributed by atoms with van der Waals surface area (Å²) in [6.07, 6.45) is 0. The van der Waals surface area contributed by atoms with Gasteiger partial charge in [-0.2, -0.15) is 0 Å². The summed E-state index contributed by atoms with van der Waals surface area (Å²) < 4.78 is 4.62. The Balaban J connectivity index is 2.88. The van der Waals surface area contributed by atoms with Gasteiger partial charge in [0, 0.05) is 5.02 Å². The van der Waals surface area contributed by atoms with E-state index < -0.39 is 0 Å². The van der Waals surface area contributed by atoms with Crippen molar-refractivity contribution in [2.45, 2.75) is 12.8 Å². The van der Waals surface area contributed by atoms with Gasteiger partial charge < -0.3 is 4.74 Å². The summed E-state index contributed by atoms with van der Waals surface area (Å²) in [5.74, 6) is -0.508. The number of carbonyl (C=O) groups is 1. The molecule has 0 bridgehead atoms. The van der Waals surface area contributed by atoms with Gasteiger partial charge in [0.05, 0.1) is 13.0 Å². The molecule has 1 rings (SSSR count). The Bertz CT molecular complexity index is 310. The summed E-state index contributed by atoms with van der Waals surface area (Å²) >= 11 is 5.78. The van der Waals surface area contributed by atoms with Crippen LogP contribution in [0.2, 0.25) is 5.02 Å². The van der Waals surface area contributed by atoms with Crippen LogP contribution in [-0.2, 0) is 9.53 Å². The Morgan fingerprint density at radius 1 is 1.54 bits per heavy atom. The minimum atomic E-state index is -0.260. The van der Waals surface area contributed by atoms with Crippen molar-refractivity contribution in [3.63, 3.8) is 0 Å². The first kappa shape index (κ1) is 10.1. The lowest BCUT2D eigenvalue weighted by atomic mass is 10.0. The summed E-state index contributed by atoms with van der Waals surface area (Å²) in [6, 6.07) is 7.21. The third-order valence-electron chi connectivity index (χ3n) is 1.90. The molecule has 0 fully saturated rings. The van der Waals surface area contributed by atoms with Crippen LogP contribution < -0.4 is 0 Å². The molecule has 0 aliphatic rings. The SMILES string of the molecule is COC(=O)[C@H](C)c1cccc(Cl)c1. The van der Waals surface area contributed by atoms with E-state index in [2.05, 4.69) is 4.74 Å². The van der Waals surface area contributed by atoms with Crippen LogP contribution in [-0.4, -0.2) is 13.1 Å². The van der Waals surface area contributed by atoms with Crippen molar-refractivity contribution >= 4 is 17.6 Å². The van der Waals surface area contributed by atoms with E-state index in [1.165, 1.54) is 7.11 Å². The lowest BCUT2D eigenvalue weighted by Gasteiger charge is -2.08. The average Bonchev–Trinajstić information content (AvgIpc) is 2.15. The molecule has 0 amide bonds. The van der Waals surface area contributed by atoms with Gasteiger partial charge in [0.1, 0.15) is 0 Å². The van der Waals surface area contributed by atoms with Gasteiger partial charge in [-0.1, -0.05) is 23.7 Å². The number of hydrogen-bond acceptors (Lipinski definition) is 2. The van der Waals surface area contributed by atoms with E-state index in [1.54, 1.807) is 19.1 Å². The zero-order chi connectivity index (χ0) is 9.84. The Morgan fingerprint density at radius 2 is 2.23 bits per heavy atom. The minimum Gasteiger partial charge on any atom is -0.469 e. The van der Waals surface area contributed by atoms with Crippen LogP contribution in [0, 0.1) is 0 Å². The number of hydrogen-bond donors (Lipinski definition) is 0. The van der Waals surface area contributed by atoms with Crippen LogP contribution in [0.25, 0.3) is 0 Å². The standard InChI is InChI=1S/C10H11ClO2/c1-7(10(12)13-2)8-4-3-5-9(11)6-8/h3-7H,1-2H3/t7-/m1/s1. The maximum atomic E-state index is 11.2. The maximum absolute atomic E-state index is 11.2. The first-order valence-electron chi connectivity index (χ1n) is 3.98. The van der Waals surface area contributed by atoms with Crippen molar-refractivity contribution < 1.29 is 9.53 Å². The van der Waals surface area contributed by atoms with Crippen LogP contribution in [0.15, 0.2) is 24.3 Å². The fraction of sp³-hybridized carbons (Fsp3) is 0.300. The van der Waals surface area contributed by atoms with E-state index in [0.717, 1.165) is 5.56 Å². The highest BCUT2D eigenvalue weighted by atomic mass is 35.5. The van der Waals surface area contributed by atoms with E-state index in [4.69, 9.17) is 11.6 Å². The van der Waals surface area contributed by atoms with E-state index in [9.17, 15) is 4.79 Å². The van der Waals surface area contributed by atoms with Crippen molar-refractivity contribution in [2.24, 2.45) is 0 Å². The number of halogens is 1. The first-order valence-corrected chi connectivity index (χ1v) is 4.36. The predicted molar refractivity (Wildman–Crippen MR) is 51.9 cm³/mol. The van der Waals surface area contributed by atoms with Crippen LogP contribution in [0.3, 0.4) is 0 Å². The first-order chi connectivity index (χ1) is 6.15. The number of ether oxygens (including phenoxy) is 1. The molecule has 1 aromatic rings. The Labute approximate surface area is 82.5 Å². The molecule has 0 saturated carbocycles.